The molecule has 0 aliphatic carbocycles. The van der Waals surface area contributed by atoms with Crippen molar-refractivity contribution in [2.75, 3.05) is 12.5 Å². The number of aromatic nitrogens is 2. The van der Waals surface area contributed by atoms with Gasteiger partial charge >= 0.3 is 0 Å². The maximum absolute atomic E-state index is 12.2. The summed E-state index contributed by atoms with van der Waals surface area (Å²) in [4.78, 5) is 7.50. The van der Waals surface area contributed by atoms with Crippen LogP contribution >= 0.6 is 27.7 Å². The van der Waals surface area contributed by atoms with Crippen molar-refractivity contribution < 1.29 is 12.8 Å². The Kier molecular flexibility index (Phi) is 6.57. The Balaban J connectivity index is 0.000000204. The van der Waals surface area contributed by atoms with Gasteiger partial charge in [0.15, 0.2) is 14.9 Å². The molecule has 0 radical (unpaired) electrons. The van der Waals surface area contributed by atoms with Crippen molar-refractivity contribution in [3.63, 3.8) is 0 Å². The number of nitrogens with zero attached hydrogens (tertiary/aromatic N) is 2. The topological polar surface area (TPSA) is 59.9 Å². The van der Waals surface area contributed by atoms with E-state index in [0.717, 1.165) is 34.1 Å². The Morgan fingerprint density at radius 1 is 1.15 bits per heavy atom. The minimum Gasteiger partial charge on any atom is -0.249 e. The van der Waals surface area contributed by atoms with Gasteiger partial charge in [-0.05, 0) is 46.5 Å². The molecule has 0 fully saturated rings. The minimum atomic E-state index is -3.30. The molecule has 2 heterocycles. The summed E-state index contributed by atoms with van der Waals surface area (Å²) in [5.41, 5.74) is 0. The highest BCUT2D eigenvalue weighted by molar-refractivity contribution is 9.10. The Morgan fingerprint density at radius 3 is 2.25 bits per heavy atom. The van der Waals surface area contributed by atoms with Gasteiger partial charge in [-0.2, -0.15) is 0 Å². The first-order valence-corrected chi connectivity index (χ1v) is 9.21. The highest BCUT2D eigenvalue weighted by atomic mass is 79.9. The summed E-state index contributed by atoms with van der Waals surface area (Å²) < 4.78 is 34.8. The van der Waals surface area contributed by atoms with Crippen LogP contribution in [0.2, 0.25) is 0 Å². The lowest BCUT2D eigenvalue weighted by Crippen LogP contribution is -1.99. The molecule has 0 N–H and O–H groups in total. The average Bonchev–Trinajstić information content (AvgIpc) is 2.40. The zero-order valence-electron chi connectivity index (χ0n) is 10.7. The van der Waals surface area contributed by atoms with Crippen LogP contribution in [0, 0.1) is 5.82 Å². The lowest BCUT2D eigenvalue weighted by Gasteiger charge is -1.94. The Morgan fingerprint density at radius 2 is 1.85 bits per heavy atom. The summed E-state index contributed by atoms with van der Waals surface area (Å²) in [5.74, 6) is -0.544. The fourth-order valence-electron chi connectivity index (χ4n) is 1.06. The van der Waals surface area contributed by atoms with Gasteiger partial charge in [-0.25, -0.2) is 22.8 Å². The standard InChI is InChI=1S/C6H6BrNS.C6H6FNO2S/c1-9-6-3-2-5(7)4-8-6;1-11(9,10)6-3-2-5(7)4-8-6/h2-4H,1H3;2-4H,1H3. The second-order valence-electron chi connectivity index (χ2n) is 3.61. The zero-order chi connectivity index (χ0) is 15.2. The van der Waals surface area contributed by atoms with Crippen molar-refractivity contribution >= 4 is 37.5 Å². The number of hydrogen-bond acceptors (Lipinski definition) is 5. The normalized spacial score (nSPS) is 10.6. The predicted octanol–water partition coefficient (Wildman–Crippen LogP) is 3.19. The van der Waals surface area contributed by atoms with Crippen LogP contribution in [-0.2, 0) is 9.84 Å². The molecule has 0 aromatic carbocycles. The van der Waals surface area contributed by atoms with Crippen molar-refractivity contribution in [3.05, 3.63) is 46.9 Å². The molecule has 0 saturated carbocycles. The first kappa shape index (κ1) is 17.1. The summed E-state index contributed by atoms with van der Waals surface area (Å²) in [7, 11) is -3.30. The highest BCUT2D eigenvalue weighted by Gasteiger charge is 2.07. The summed E-state index contributed by atoms with van der Waals surface area (Å²) in [6.07, 6.45) is 5.70. The molecular formula is C12H12BrFN2O2S2. The third kappa shape index (κ3) is 5.98. The summed E-state index contributed by atoms with van der Waals surface area (Å²) in [6.45, 7) is 0. The van der Waals surface area contributed by atoms with Gasteiger partial charge in [-0.3, -0.25) is 0 Å². The Hall–Kier alpha value is -0.990. The second kappa shape index (κ2) is 7.70. The molecule has 0 aliphatic rings. The van der Waals surface area contributed by atoms with Crippen LogP contribution in [0.5, 0.6) is 0 Å². The molecule has 2 rings (SSSR count). The van der Waals surface area contributed by atoms with E-state index in [1.807, 2.05) is 18.4 Å². The number of sulfone groups is 1. The van der Waals surface area contributed by atoms with Gasteiger partial charge in [-0.15, -0.1) is 11.8 Å². The predicted molar refractivity (Wildman–Crippen MR) is 81.0 cm³/mol. The van der Waals surface area contributed by atoms with Crippen LogP contribution in [0.4, 0.5) is 4.39 Å². The first-order chi connectivity index (χ1) is 9.32. The molecule has 2 aromatic heterocycles. The van der Waals surface area contributed by atoms with Crippen LogP contribution in [0.3, 0.4) is 0 Å². The SMILES string of the molecule is CS(=O)(=O)c1ccc(F)cn1.CSc1ccc(Br)cn1. The van der Waals surface area contributed by atoms with E-state index in [0.29, 0.717) is 0 Å². The number of halogens is 2. The highest BCUT2D eigenvalue weighted by Crippen LogP contribution is 2.13. The largest absolute Gasteiger partial charge is 0.249 e. The van der Waals surface area contributed by atoms with E-state index in [1.54, 1.807) is 18.0 Å². The van der Waals surface area contributed by atoms with E-state index in [-0.39, 0.29) is 5.03 Å². The maximum Gasteiger partial charge on any atom is 0.192 e. The van der Waals surface area contributed by atoms with Crippen LogP contribution < -0.4 is 0 Å². The second-order valence-corrected chi connectivity index (χ2v) is 7.31. The van der Waals surface area contributed by atoms with Gasteiger partial charge < -0.3 is 0 Å². The quantitative estimate of drug-likeness (QED) is 0.750. The fraction of sp³-hybridized carbons (Fsp3) is 0.167. The number of rotatable bonds is 2. The molecular weight excluding hydrogens is 367 g/mol. The minimum absolute atomic E-state index is 0.112. The smallest absolute Gasteiger partial charge is 0.192 e. The van der Waals surface area contributed by atoms with Crippen LogP contribution in [0.15, 0.2) is 51.2 Å². The maximum atomic E-state index is 12.2. The molecule has 0 atom stereocenters. The molecule has 0 bridgehead atoms. The summed E-state index contributed by atoms with van der Waals surface area (Å²) in [6, 6.07) is 6.15. The number of hydrogen-bond donors (Lipinski definition) is 0. The molecule has 0 amide bonds. The van der Waals surface area contributed by atoms with Gasteiger partial charge in [0.1, 0.15) is 5.82 Å². The van der Waals surface area contributed by atoms with Crippen LogP contribution in [-0.4, -0.2) is 30.9 Å². The van der Waals surface area contributed by atoms with E-state index in [2.05, 4.69) is 25.9 Å². The summed E-state index contributed by atoms with van der Waals surface area (Å²) in [5, 5.41) is 0.942. The molecule has 20 heavy (non-hydrogen) atoms. The third-order valence-corrected chi connectivity index (χ3v) is 4.12. The van der Waals surface area contributed by atoms with Crippen LogP contribution in [0.25, 0.3) is 0 Å². The van der Waals surface area contributed by atoms with Gasteiger partial charge in [-0.1, -0.05) is 0 Å². The Bertz CT molecular complexity index is 646. The van der Waals surface area contributed by atoms with E-state index < -0.39 is 15.7 Å². The molecule has 8 heteroatoms. The average molecular weight is 379 g/mol. The van der Waals surface area contributed by atoms with Crippen LogP contribution in [0.1, 0.15) is 0 Å². The lowest BCUT2D eigenvalue weighted by atomic mass is 10.5. The zero-order valence-corrected chi connectivity index (χ0v) is 14.0. The van der Waals surface area contributed by atoms with Crippen molar-refractivity contribution in [1.29, 1.82) is 0 Å². The molecule has 108 valence electrons. The number of thioether (sulfide) groups is 1. The van der Waals surface area contributed by atoms with Gasteiger partial charge in [0.25, 0.3) is 0 Å². The summed E-state index contributed by atoms with van der Waals surface area (Å²) >= 11 is 4.95. The molecule has 0 saturated heterocycles. The van der Waals surface area contributed by atoms with Crippen molar-refractivity contribution in [2.45, 2.75) is 10.1 Å². The van der Waals surface area contributed by atoms with Crippen molar-refractivity contribution in [3.8, 4) is 0 Å². The van der Waals surface area contributed by atoms with Crippen molar-refractivity contribution in [1.82, 2.24) is 9.97 Å². The van der Waals surface area contributed by atoms with Gasteiger partial charge in [0.05, 0.1) is 11.2 Å². The molecule has 0 spiro atoms. The molecule has 2 aromatic rings. The van der Waals surface area contributed by atoms with Gasteiger partial charge in [0, 0.05) is 16.9 Å². The Labute approximate surface area is 129 Å². The van der Waals surface area contributed by atoms with E-state index in [1.165, 1.54) is 0 Å². The monoisotopic (exact) mass is 378 g/mol. The van der Waals surface area contributed by atoms with Gasteiger partial charge in [0.2, 0.25) is 0 Å². The molecule has 4 nitrogen and oxygen atoms in total. The van der Waals surface area contributed by atoms with E-state index in [9.17, 15) is 12.8 Å². The molecule has 0 aliphatic heterocycles. The van der Waals surface area contributed by atoms with E-state index in [4.69, 9.17) is 0 Å². The third-order valence-electron chi connectivity index (χ3n) is 1.99. The lowest BCUT2D eigenvalue weighted by molar-refractivity contribution is 0.593. The first-order valence-electron chi connectivity index (χ1n) is 5.30. The van der Waals surface area contributed by atoms with Crippen molar-refractivity contribution in [2.24, 2.45) is 0 Å². The molecule has 0 unspecified atom stereocenters. The number of pyridine rings is 2. The fourth-order valence-corrected chi connectivity index (χ4v) is 2.22. The van der Waals surface area contributed by atoms with E-state index >= 15 is 0 Å².